The number of benzene rings is 2. The number of hydrogen-bond acceptors (Lipinski definition) is 6. The summed E-state index contributed by atoms with van der Waals surface area (Å²) >= 11 is 0. The zero-order chi connectivity index (χ0) is 32.5. The molecule has 1 unspecified atom stereocenters. The van der Waals surface area contributed by atoms with Crippen molar-refractivity contribution in [2.24, 2.45) is 5.92 Å². The minimum Gasteiger partial charge on any atom is -0.480 e. The van der Waals surface area contributed by atoms with Gasteiger partial charge in [-0.05, 0) is 61.6 Å². The number of ether oxygens (including phenoxy) is 2. The van der Waals surface area contributed by atoms with Crippen LogP contribution in [-0.2, 0) is 16.0 Å². The summed E-state index contributed by atoms with van der Waals surface area (Å²) in [6, 6.07) is 14.2. The molecule has 9 nitrogen and oxygen atoms in total. The van der Waals surface area contributed by atoms with Crippen LogP contribution >= 0.6 is 0 Å². The molecule has 2 aromatic heterocycles. The molecule has 246 valence electrons. The highest BCUT2D eigenvalue weighted by Gasteiger charge is 2.37. The van der Waals surface area contributed by atoms with Crippen LogP contribution in [0.5, 0.6) is 17.4 Å². The van der Waals surface area contributed by atoms with Crippen molar-refractivity contribution in [3.8, 4) is 17.4 Å². The van der Waals surface area contributed by atoms with Gasteiger partial charge in [-0.1, -0.05) is 36.8 Å². The lowest BCUT2D eigenvalue weighted by molar-refractivity contribution is -0.145. The monoisotopic (exact) mass is 647 g/mol. The van der Waals surface area contributed by atoms with E-state index >= 15 is 4.39 Å². The van der Waals surface area contributed by atoms with E-state index in [0.717, 1.165) is 42.1 Å². The maximum absolute atomic E-state index is 15.1. The van der Waals surface area contributed by atoms with Crippen LogP contribution in [0.3, 0.4) is 0 Å². The van der Waals surface area contributed by atoms with E-state index in [1.54, 1.807) is 4.90 Å². The van der Waals surface area contributed by atoms with Gasteiger partial charge < -0.3 is 19.3 Å². The molecule has 2 atom stereocenters. The highest BCUT2D eigenvalue weighted by atomic mass is 19.3. The van der Waals surface area contributed by atoms with E-state index in [-0.39, 0.29) is 41.6 Å². The number of carbonyl (C=O) groups excluding carboxylic acids is 2. The average molecular weight is 648 g/mol. The third-order valence-corrected chi connectivity index (χ3v) is 9.60. The summed E-state index contributed by atoms with van der Waals surface area (Å²) in [4.78, 5) is 39.0. The van der Waals surface area contributed by atoms with Gasteiger partial charge in [-0.2, -0.15) is 4.98 Å². The van der Waals surface area contributed by atoms with Gasteiger partial charge in [0.25, 0.3) is 12.3 Å². The summed E-state index contributed by atoms with van der Waals surface area (Å²) in [6.45, 7) is 1.79. The first-order valence-corrected chi connectivity index (χ1v) is 16.2. The lowest BCUT2D eigenvalue weighted by atomic mass is 9.72. The molecule has 2 fully saturated rings. The maximum Gasteiger partial charge on any atom is 0.295 e. The van der Waals surface area contributed by atoms with E-state index in [4.69, 9.17) is 9.47 Å². The van der Waals surface area contributed by atoms with E-state index in [2.05, 4.69) is 22.1 Å². The van der Waals surface area contributed by atoms with Gasteiger partial charge in [-0.15, -0.1) is 0 Å². The Morgan fingerprint density at radius 3 is 2.55 bits per heavy atom. The van der Waals surface area contributed by atoms with Gasteiger partial charge in [0.2, 0.25) is 11.8 Å². The van der Waals surface area contributed by atoms with Crippen LogP contribution in [-0.4, -0.2) is 68.3 Å². The van der Waals surface area contributed by atoms with Crippen molar-refractivity contribution in [1.29, 1.82) is 0 Å². The first-order chi connectivity index (χ1) is 22.8. The first kappa shape index (κ1) is 31.0. The van der Waals surface area contributed by atoms with Crippen LogP contribution in [0.2, 0.25) is 0 Å². The number of aryl methyl sites for hydroxylation is 1. The van der Waals surface area contributed by atoms with Crippen molar-refractivity contribution >= 4 is 17.5 Å². The van der Waals surface area contributed by atoms with Gasteiger partial charge >= 0.3 is 0 Å². The van der Waals surface area contributed by atoms with Crippen LogP contribution in [0.1, 0.15) is 67.8 Å². The smallest absolute Gasteiger partial charge is 0.295 e. The molecule has 0 bridgehead atoms. The third-order valence-electron chi connectivity index (χ3n) is 9.60. The first-order valence-electron chi connectivity index (χ1n) is 16.2. The quantitative estimate of drug-likeness (QED) is 0.200. The Morgan fingerprint density at radius 1 is 1.04 bits per heavy atom. The molecule has 1 saturated carbocycles. The number of alkyl halides is 2. The van der Waals surface area contributed by atoms with Gasteiger partial charge in [0.05, 0.1) is 12.7 Å². The number of imidazole rings is 1. The molecule has 2 aliphatic heterocycles. The summed E-state index contributed by atoms with van der Waals surface area (Å²) < 4.78 is 54.6. The average Bonchev–Trinajstić information content (AvgIpc) is 3.74. The maximum atomic E-state index is 15.1. The Balaban J connectivity index is 1.11. The highest BCUT2D eigenvalue weighted by molar-refractivity contribution is 5.87. The minimum absolute atomic E-state index is 0.0185. The summed E-state index contributed by atoms with van der Waals surface area (Å²) in [6.07, 6.45) is 4.85. The topological polar surface area (TPSA) is 89.3 Å². The molecule has 0 spiro atoms. The molecular formula is C35H36F3N5O4. The standard InChI is InChI=1S/C35H36F3N5O4/c36-26-17-24-11-12-27(46-28(24)18-29(26)47-31-13-16-43-30(40-31)19-39-34(43)33(37)38)35(45)42(21-32(44)41-14-4-5-15-41)20-25(23-9-6-10-23)22-7-2-1-3-8-22/h1-3,7-8,13,16-19,23,25,27,33H,4-6,9-12,14-15,20-21H2/t25-,27?/m0/s1. The molecule has 0 radical (unpaired) electrons. The second-order valence-corrected chi connectivity index (χ2v) is 12.6. The second-order valence-electron chi connectivity index (χ2n) is 12.6. The SMILES string of the molecule is O=C(CN(C[C@@H](c1ccccc1)C1CCC1)C(=O)C1CCc2cc(F)c(Oc3ccn4c(C(F)F)ncc4n3)cc2O1)N1CCCC1. The Hall–Kier alpha value is -4.61. The second kappa shape index (κ2) is 13.2. The van der Waals surface area contributed by atoms with E-state index in [9.17, 15) is 18.4 Å². The largest absolute Gasteiger partial charge is 0.480 e. The zero-order valence-corrected chi connectivity index (χ0v) is 25.9. The van der Waals surface area contributed by atoms with Crippen LogP contribution in [0.4, 0.5) is 13.2 Å². The molecule has 7 rings (SSSR count). The molecule has 2 amide bonds. The van der Waals surface area contributed by atoms with E-state index in [1.165, 1.54) is 30.6 Å². The minimum atomic E-state index is -2.78. The van der Waals surface area contributed by atoms with Crippen molar-refractivity contribution in [3.63, 3.8) is 0 Å². The van der Waals surface area contributed by atoms with Crippen LogP contribution in [0.15, 0.2) is 60.9 Å². The van der Waals surface area contributed by atoms with Crippen molar-refractivity contribution in [1.82, 2.24) is 24.2 Å². The Bertz CT molecular complexity index is 1760. The zero-order valence-electron chi connectivity index (χ0n) is 25.9. The van der Waals surface area contributed by atoms with Crippen molar-refractivity contribution in [2.75, 3.05) is 26.2 Å². The fraction of sp³-hybridized carbons (Fsp3) is 0.429. The van der Waals surface area contributed by atoms with Gasteiger partial charge in [0, 0.05) is 43.9 Å². The van der Waals surface area contributed by atoms with Crippen molar-refractivity contribution < 1.29 is 32.2 Å². The number of halogens is 3. The molecule has 1 saturated heterocycles. The highest BCUT2D eigenvalue weighted by Crippen LogP contribution is 2.41. The Kier molecular flexibility index (Phi) is 8.74. The van der Waals surface area contributed by atoms with E-state index in [1.807, 2.05) is 23.1 Å². The van der Waals surface area contributed by atoms with Crippen molar-refractivity contribution in [2.45, 2.75) is 63.4 Å². The normalized spacial score (nSPS) is 18.5. The van der Waals surface area contributed by atoms with Gasteiger partial charge in [-0.3, -0.25) is 14.0 Å². The molecule has 12 heteroatoms. The van der Waals surface area contributed by atoms with Crippen LogP contribution in [0.25, 0.3) is 5.65 Å². The number of hydrogen-bond donors (Lipinski definition) is 0. The Labute approximate surface area is 270 Å². The molecule has 2 aromatic carbocycles. The number of fused-ring (bicyclic) bond motifs is 2. The number of carbonyl (C=O) groups is 2. The summed E-state index contributed by atoms with van der Waals surface area (Å²) in [7, 11) is 0. The van der Waals surface area contributed by atoms with Crippen LogP contribution < -0.4 is 9.47 Å². The molecular weight excluding hydrogens is 611 g/mol. The van der Waals surface area contributed by atoms with Crippen molar-refractivity contribution in [3.05, 3.63) is 83.7 Å². The van der Waals surface area contributed by atoms with Gasteiger partial charge in [0.15, 0.2) is 29.1 Å². The molecule has 1 aliphatic carbocycles. The van der Waals surface area contributed by atoms with E-state index in [0.29, 0.717) is 49.7 Å². The van der Waals surface area contributed by atoms with Gasteiger partial charge in [-0.25, -0.2) is 18.2 Å². The number of nitrogens with zero attached hydrogens (tertiary/aromatic N) is 5. The van der Waals surface area contributed by atoms with Crippen LogP contribution in [0, 0.1) is 11.7 Å². The molecule has 4 heterocycles. The predicted molar refractivity (Wildman–Crippen MR) is 166 cm³/mol. The van der Waals surface area contributed by atoms with E-state index < -0.39 is 24.2 Å². The fourth-order valence-corrected chi connectivity index (χ4v) is 6.82. The molecule has 3 aliphatic rings. The summed E-state index contributed by atoms with van der Waals surface area (Å²) in [5, 5.41) is 0. The number of aromatic nitrogens is 3. The summed E-state index contributed by atoms with van der Waals surface area (Å²) in [5.41, 5.74) is 1.87. The molecule has 0 N–H and O–H groups in total. The molecule has 47 heavy (non-hydrogen) atoms. The number of likely N-dealkylation sites (tertiary alicyclic amines) is 1. The third kappa shape index (κ3) is 6.50. The lowest BCUT2D eigenvalue weighted by Crippen LogP contribution is -2.50. The molecule has 4 aromatic rings. The number of amides is 2. The fourth-order valence-electron chi connectivity index (χ4n) is 6.82. The predicted octanol–water partition coefficient (Wildman–Crippen LogP) is 6.33. The number of rotatable bonds is 10. The Morgan fingerprint density at radius 2 is 1.83 bits per heavy atom. The summed E-state index contributed by atoms with van der Waals surface area (Å²) in [5.74, 6) is -0.795. The van der Waals surface area contributed by atoms with Gasteiger partial charge in [0.1, 0.15) is 5.75 Å². The lowest BCUT2D eigenvalue weighted by Gasteiger charge is -2.39.